The number of rotatable bonds is 3. The smallest absolute Gasteiger partial charge is 0.163 e. The Morgan fingerprint density at radius 2 is 2.21 bits per heavy atom. The Kier molecular flexibility index (Phi) is 3.42. The third-order valence-electron chi connectivity index (χ3n) is 3.24. The van der Waals surface area contributed by atoms with Crippen LogP contribution in [-0.4, -0.2) is 23.1 Å². The van der Waals surface area contributed by atoms with Gasteiger partial charge in [0.15, 0.2) is 5.82 Å². The van der Waals surface area contributed by atoms with Crippen molar-refractivity contribution in [3.63, 3.8) is 0 Å². The van der Waals surface area contributed by atoms with Gasteiger partial charge < -0.3 is 10.1 Å². The van der Waals surface area contributed by atoms with Gasteiger partial charge in [-0.2, -0.15) is 0 Å². The highest BCUT2D eigenvalue weighted by Crippen LogP contribution is 2.27. The maximum atomic E-state index is 5.64. The van der Waals surface area contributed by atoms with Crippen molar-refractivity contribution in [2.24, 2.45) is 0 Å². The van der Waals surface area contributed by atoms with Gasteiger partial charge >= 0.3 is 0 Å². The number of fused-ring (bicyclic) bond motifs is 1. The summed E-state index contributed by atoms with van der Waals surface area (Å²) in [7, 11) is 0. The van der Waals surface area contributed by atoms with Crippen LogP contribution in [-0.2, 0) is 13.0 Å². The summed E-state index contributed by atoms with van der Waals surface area (Å²) in [5, 5.41) is 3.33. The molecule has 0 unspecified atom stereocenters. The maximum absolute atomic E-state index is 5.64. The van der Waals surface area contributed by atoms with E-state index in [1.54, 1.807) is 0 Å². The molecule has 98 valence electrons. The molecule has 1 aromatic carbocycles. The second kappa shape index (κ2) is 5.36. The molecule has 0 saturated carbocycles. The van der Waals surface area contributed by atoms with E-state index in [0.717, 1.165) is 42.3 Å². The Morgan fingerprint density at radius 3 is 3.11 bits per heavy atom. The lowest BCUT2D eigenvalue weighted by molar-refractivity contribution is 0.341. The van der Waals surface area contributed by atoms with Crippen molar-refractivity contribution in [1.82, 2.24) is 15.3 Å². The van der Waals surface area contributed by atoms with Gasteiger partial charge in [-0.1, -0.05) is 12.1 Å². The molecule has 1 aliphatic heterocycles. The molecule has 3 rings (SSSR count). The van der Waals surface area contributed by atoms with Crippen molar-refractivity contribution < 1.29 is 4.74 Å². The van der Waals surface area contributed by atoms with Gasteiger partial charge in [-0.15, -0.1) is 0 Å². The zero-order chi connectivity index (χ0) is 13.1. The lowest BCUT2D eigenvalue weighted by Gasteiger charge is -2.16. The molecule has 1 N–H and O–H groups in total. The molecule has 0 radical (unpaired) electrons. The van der Waals surface area contributed by atoms with Gasteiger partial charge in [0.25, 0.3) is 0 Å². The predicted molar refractivity (Wildman–Crippen MR) is 74.0 cm³/mol. The highest BCUT2D eigenvalue weighted by molar-refractivity contribution is 5.64. The number of benzene rings is 1. The SMILES string of the molecule is CCOc1ccccc1-c1ncc2c(n1)CCNC2. The average Bonchev–Trinajstić information content (AvgIpc) is 2.48. The third kappa shape index (κ3) is 2.44. The summed E-state index contributed by atoms with van der Waals surface area (Å²) in [4.78, 5) is 9.17. The topological polar surface area (TPSA) is 47.0 Å². The fourth-order valence-corrected chi connectivity index (χ4v) is 2.30. The first-order valence-electron chi connectivity index (χ1n) is 6.66. The number of nitrogens with zero attached hydrogens (tertiary/aromatic N) is 2. The summed E-state index contributed by atoms with van der Waals surface area (Å²) in [5.74, 6) is 1.60. The number of hydrogen-bond donors (Lipinski definition) is 1. The summed E-state index contributed by atoms with van der Waals surface area (Å²) >= 11 is 0. The van der Waals surface area contributed by atoms with E-state index in [9.17, 15) is 0 Å². The van der Waals surface area contributed by atoms with Gasteiger partial charge in [-0.05, 0) is 19.1 Å². The van der Waals surface area contributed by atoms with Crippen molar-refractivity contribution in [2.45, 2.75) is 19.9 Å². The molecule has 0 amide bonds. The highest BCUT2D eigenvalue weighted by Gasteiger charge is 2.14. The van der Waals surface area contributed by atoms with Crippen LogP contribution in [0.4, 0.5) is 0 Å². The fraction of sp³-hybridized carbons (Fsp3) is 0.333. The Hall–Kier alpha value is -1.94. The molecule has 0 aliphatic carbocycles. The zero-order valence-corrected chi connectivity index (χ0v) is 11.0. The molecule has 19 heavy (non-hydrogen) atoms. The molecule has 2 aromatic rings. The molecule has 4 heteroatoms. The Balaban J connectivity index is 2.02. The van der Waals surface area contributed by atoms with Gasteiger partial charge in [0.2, 0.25) is 0 Å². The summed E-state index contributed by atoms with van der Waals surface area (Å²) in [6.45, 7) is 4.47. The molecule has 0 atom stereocenters. The lowest BCUT2D eigenvalue weighted by atomic mass is 10.1. The van der Waals surface area contributed by atoms with E-state index in [-0.39, 0.29) is 0 Å². The molecule has 0 bridgehead atoms. The van der Waals surface area contributed by atoms with Crippen molar-refractivity contribution in [2.75, 3.05) is 13.2 Å². The van der Waals surface area contributed by atoms with Gasteiger partial charge in [-0.3, -0.25) is 0 Å². The molecule has 1 aliphatic rings. The van der Waals surface area contributed by atoms with Crippen LogP contribution in [0.15, 0.2) is 30.5 Å². The van der Waals surface area contributed by atoms with Crippen molar-refractivity contribution in [1.29, 1.82) is 0 Å². The number of aromatic nitrogens is 2. The van der Waals surface area contributed by atoms with E-state index in [1.807, 2.05) is 37.4 Å². The Morgan fingerprint density at radius 1 is 1.32 bits per heavy atom. The minimum atomic E-state index is 0.645. The van der Waals surface area contributed by atoms with Gasteiger partial charge in [0.1, 0.15) is 5.75 Å². The van der Waals surface area contributed by atoms with Crippen molar-refractivity contribution in [3.05, 3.63) is 41.7 Å². The van der Waals surface area contributed by atoms with Gasteiger partial charge in [0.05, 0.1) is 17.9 Å². The molecule has 0 saturated heterocycles. The van der Waals surface area contributed by atoms with Crippen LogP contribution in [0.5, 0.6) is 5.75 Å². The second-order valence-electron chi connectivity index (χ2n) is 4.52. The normalized spacial score (nSPS) is 13.9. The van der Waals surface area contributed by atoms with Crippen LogP contribution < -0.4 is 10.1 Å². The van der Waals surface area contributed by atoms with Gasteiger partial charge in [0, 0.05) is 31.3 Å². The second-order valence-corrected chi connectivity index (χ2v) is 4.52. The summed E-state index contributed by atoms with van der Waals surface area (Å²) in [5.41, 5.74) is 3.31. The molecule has 2 heterocycles. The maximum Gasteiger partial charge on any atom is 0.163 e. The van der Waals surface area contributed by atoms with E-state index in [1.165, 1.54) is 5.56 Å². The summed E-state index contributed by atoms with van der Waals surface area (Å²) < 4.78 is 5.64. The average molecular weight is 255 g/mol. The Labute approximate surface area is 112 Å². The first-order valence-corrected chi connectivity index (χ1v) is 6.66. The van der Waals surface area contributed by atoms with Gasteiger partial charge in [-0.25, -0.2) is 9.97 Å². The molecule has 1 aromatic heterocycles. The Bertz CT molecular complexity index is 583. The van der Waals surface area contributed by atoms with Crippen molar-refractivity contribution in [3.8, 4) is 17.1 Å². The quantitative estimate of drug-likeness (QED) is 0.913. The number of nitrogens with one attached hydrogen (secondary N) is 1. The minimum absolute atomic E-state index is 0.645. The monoisotopic (exact) mass is 255 g/mol. The third-order valence-corrected chi connectivity index (χ3v) is 3.24. The number of hydrogen-bond acceptors (Lipinski definition) is 4. The summed E-state index contributed by atoms with van der Waals surface area (Å²) in [6, 6.07) is 7.93. The fourth-order valence-electron chi connectivity index (χ4n) is 2.30. The first-order chi connectivity index (χ1) is 9.38. The lowest BCUT2D eigenvalue weighted by Crippen LogP contribution is -2.25. The van der Waals surface area contributed by atoms with Crippen LogP contribution in [0.3, 0.4) is 0 Å². The van der Waals surface area contributed by atoms with E-state index >= 15 is 0 Å². The van der Waals surface area contributed by atoms with Crippen LogP contribution in [0.1, 0.15) is 18.2 Å². The number of ether oxygens (including phenoxy) is 1. The molecule has 0 spiro atoms. The van der Waals surface area contributed by atoms with Crippen molar-refractivity contribution >= 4 is 0 Å². The molecule has 0 fully saturated rings. The molecular formula is C15H17N3O. The standard InChI is InChI=1S/C15H17N3O/c1-2-19-14-6-4-3-5-12(14)15-17-10-11-9-16-8-7-13(11)18-15/h3-6,10,16H,2,7-9H2,1H3. The van der Waals surface area contributed by atoms with Crippen LogP contribution in [0, 0.1) is 0 Å². The predicted octanol–water partition coefficient (Wildman–Crippen LogP) is 2.19. The molecular weight excluding hydrogens is 238 g/mol. The highest BCUT2D eigenvalue weighted by atomic mass is 16.5. The number of para-hydroxylation sites is 1. The van der Waals surface area contributed by atoms with Crippen LogP contribution in [0.25, 0.3) is 11.4 Å². The van der Waals surface area contributed by atoms with Crippen LogP contribution >= 0.6 is 0 Å². The van der Waals surface area contributed by atoms with E-state index in [2.05, 4.69) is 10.3 Å². The van der Waals surface area contributed by atoms with E-state index < -0.39 is 0 Å². The zero-order valence-electron chi connectivity index (χ0n) is 11.0. The first kappa shape index (κ1) is 12.1. The van der Waals surface area contributed by atoms with E-state index in [0.29, 0.717) is 6.61 Å². The summed E-state index contributed by atoms with van der Waals surface area (Å²) in [6.07, 6.45) is 2.88. The van der Waals surface area contributed by atoms with E-state index in [4.69, 9.17) is 9.72 Å². The largest absolute Gasteiger partial charge is 0.493 e. The minimum Gasteiger partial charge on any atom is -0.493 e. The molecule has 4 nitrogen and oxygen atoms in total. The van der Waals surface area contributed by atoms with Crippen LogP contribution in [0.2, 0.25) is 0 Å².